The highest BCUT2D eigenvalue weighted by molar-refractivity contribution is 6.35. The van der Waals surface area contributed by atoms with Crippen LogP contribution in [0.2, 0.25) is 5.02 Å². The van der Waals surface area contributed by atoms with Gasteiger partial charge in [0.1, 0.15) is 23.8 Å². The van der Waals surface area contributed by atoms with Crippen LogP contribution >= 0.6 is 11.6 Å². The van der Waals surface area contributed by atoms with Crippen LogP contribution in [0.3, 0.4) is 0 Å². The number of nitrogens with one attached hydrogen (secondary N) is 1. The molecule has 7 nitrogen and oxygen atoms in total. The van der Waals surface area contributed by atoms with Gasteiger partial charge in [-0.05, 0) is 12.1 Å². The van der Waals surface area contributed by atoms with E-state index in [-0.39, 0.29) is 6.61 Å². The maximum atomic E-state index is 10.2. The van der Waals surface area contributed by atoms with Crippen molar-refractivity contribution >= 4 is 28.6 Å². The fraction of sp³-hybridized carbons (Fsp3) is 0.462. The predicted octanol–water partition coefficient (Wildman–Crippen LogP) is 0.343. The number of hydrogen-bond acceptors (Lipinski definition) is 6. The molecule has 4 N–H and O–H groups in total. The first kappa shape index (κ1) is 14.6. The summed E-state index contributed by atoms with van der Waals surface area (Å²) in [6, 6.07) is 5.28. The molecule has 2 aromatic rings. The van der Waals surface area contributed by atoms with Gasteiger partial charge in [-0.15, -0.1) is 0 Å². The minimum atomic E-state index is -1.18. The predicted molar refractivity (Wildman–Crippen MR) is 77.3 cm³/mol. The van der Waals surface area contributed by atoms with Gasteiger partial charge in [-0.1, -0.05) is 17.7 Å². The Hall–Kier alpha value is -1.38. The number of ether oxygens (including phenoxy) is 1. The Morgan fingerprint density at radius 2 is 2.14 bits per heavy atom. The molecule has 1 aliphatic heterocycles. The summed E-state index contributed by atoms with van der Waals surface area (Å²) in [6.07, 6.45) is -4.04. The Bertz CT molecular complexity index is 662. The zero-order chi connectivity index (χ0) is 15.1. The van der Waals surface area contributed by atoms with E-state index in [1.165, 1.54) is 0 Å². The standard InChI is InChI=1S/C13H16ClN3O4/c1-15-13-16-9-6(14)3-2-4-7(9)17(13)12-11(20)10(19)8(5-18)21-12/h2-4,8,10-12,18-20H,5H2,1H3,(H,15,16)/t8-,10-,11-,12-/m0/s1. The van der Waals surface area contributed by atoms with Crippen molar-refractivity contribution < 1.29 is 20.1 Å². The molecule has 1 saturated heterocycles. The molecular weight excluding hydrogens is 298 g/mol. The van der Waals surface area contributed by atoms with E-state index in [1.54, 1.807) is 29.8 Å². The first-order chi connectivity index (χ1) is 10.1. The van der Waals surface area contributed by atoms with Crippen molar-refractivity contribution in [2.75, 3.05) is 19.0 Å². The average Bonchev–Trinajstić information content (AvgIpc) is 2.99. The Morgan fingerprint density at radius 1 is 1.38 bits per heavy atom. The van der Waals surface area contributed by atoms with Crippen molar-refractivity contribution in [2.24, 2.45) is 0 Å². The Kier molecular flexibility index (Phi) is 3.76. The van der Waals surface area contributed by atoms with Crippen molar-refractivity contribution in [3.63, 3.8) is 0 Å². The first-order valence-electron chi connectivity index (χ1n) is 6.55. The van der Waals surface area contributed by atoms with Crippen molar-refractivity contribution in [2.45, 2.75) is 24.5 Å². The van der Waals surface area contributed by atoms with Crippen molar-refractivity contribution in [3.05, 3.63) is 23.2 Å². The van der Waals surface area contributed by atoms with Gasteiger partial charge in [-0.25, -0.2) is 4.98 Å². The summed E-state index contributed by atoms with van der Waals surface area (Å²) >= 11 is 6.13. The largest absolute Gasteiger partial charge is 0.394 e. The van der Waals surface area contributed by atoms with E-state index >= 15 is 0 Å². The molecule has 114 valence electrons. The SMILES string of the molecule is CNc1nc2c(Cl)cccc2n1[C@H]1O[C@@H](CO)[C@H](O)[C@@H]1O. The van der Waals surface area contributed by atoms with Crippen LogP contribution in [0, 0.1) is 0 Å². The first-order valence-corrected chi connectivity index (χ1v) is 6.93. The number of benzene rings is 1. The monoisotopic (exact) mass is 313 g/mol. The highest BCUT2D eigenvalue weighted by Gasteiger charge is 2.44. The van der Waals surface area contributed by atoms with E-state index in [1.807, 2.05) is 0 Å². The van der Waals surface area contributed by atoms with Gasteiger partial charge in [-0.3, -0.25) is 4.57 Å². The van der Waals surface area contributed by atoms with Gasteiger partial charge in [0.25, 0.3) is 0 Å². The molecule has 0 spiro atoms. The Labute approximate surface area is 125 Å². The van der Waals surface area contributed by atoms with E-state index in [4.69, 9.17) is 16.3 Å². The number of aromatic nitrogens is 2. The lowest BCUT2D eigenvalue weighted by Crippen LogP contribution is -2.33. The molecule has 0 unspecified atom stereocenters. The normalized spacial score (nSPS) is 29.2. The van der Waals surface area contributed by atoms with Crippen LogP contribution in [0.25, 0.3) is 11.0 Å². The minimum absolute atomic E-state index is 0.378. The second-order valence-electron chi connectivity index (χ2n) is 4.89. The van der Waals surface area contributed by atoms with Crippen LogP contribution in [0.1, 0.15) is 6.23 Å². The summed E-state index contributed by atoms with van der Waals surface area (Å²) in [5.41, 5.74) is 1.24. The Balaban J connectivity index is 2.14. The number of aliphatic hydroxyl groups is 3. The number of halogens is 1. The van der Waals surface area contributed by atoms with Crippen LogP contribution in [0.4, 0.5) is 5.95 Å². The molecule has 8 heteroatoms. The van der Waals surface area contributed by atoms with Gasteiger partial charge in [0.05, 0.1) is 17.1 Å². The fourth-order valence-electron chi connectivity index (χ4n) is 2.61. The molecule has 0 saturated carbocycles. The van der Waals surface area contributed by atoms with Crippen molar-refractivity contribution in [1.82, 2.24) is 9.55 Å². The molecule has 1 aromatic heterocycles. The average molecular weight is 314 g/mol. The maximum absolute atomic E-state index is 10.2. The lowest BCUT2D eigenvalue weighted by atomic mass is 10.1. The molecule has 0 radical (unpaired) electrons. The van der Waals surface area contributed by atoms with Gasteiger partial charge in [0, 0.05) is 7.05 Å². The summed E-state index contributed by atoms with van der Waals surface area (Å²) < 4.78 is 7.19. The highest BCUT2D eigenvalue weighted by atomic mass is 35.5. The molecule has 1 aliphatic rings. The van der Waals surface area contributed by atoms with Crippen LogP contribution in [0.5, 0.6) is 0 Å². The number of aliphatic hydroxyl groups excluding tert-OH is 3. The minimum Gasteiger partial charge on any atom is -0.394 e. The summed E-state index contributed by atoms with van der Waals surface area (Å²) in [4.78, 5) is 4.37. The number of imidazole rings is 1. The third kappa shape index (κ3) is 2.18. The zero-order valence-corrected chi connectivity index (χ0v) is 12.0. The molecule has 1 fully saturated rings. The molecule has 2 heterocycles. The van der Waals surface area contributed by atoms with Gasteiger partial charge < -0.3 is 25.4 Å². The van der Waals surface area contributed by atoms with Crippen molar-refractivity contribution in [1.29, 1.82) is 0 Å². The van der Waals surface area contributed by atoms with Crippen LogP contribution in [-0.2, 0) is 4.74 Å². The fourth-order valence-corrected chi connectivity index (χ4v) is 2.82. The molecule has 0 bridgehead atoms. The topological polar surface area (TPSA) is 99.8 Å². The molecule has 1 aromatic carbocycles. The second-order valence-corrected chi connectivity index (χ2v) is 5.30. The quantitative estimate of drug-likeness (QED) is 0.652. The zero-order valence-electron chi connectivity index (χ0n) is 11.3. The summed E-state index contributed by atoms with van der Waals surface area (Å²) in [7, 11) is 1.69. The van der Waals surface area contributed by atoms with Crippen molar-refractivity contribution in [3.8, 4) is 0 Å². The van der Waals surface area contributed by atoms with Crippen LogP contribution in [0.15, 0.2) is 18.2 Å². The van der Waals surface area contributed by atoms with Gasteiger partial charge >= 0.3 is 0 Å². The third-order valence-electron chi connectivity index (χ3n) is 3.67. The lowest BCUT2D eigenvalue weighted by Gasteiger charge is -2.19. The van der Waals surface area contributed by atoms with Gasteiger partial charge in [0.15, 0.2) is 6.23 Å². The highest BCUT2D eigenvalue weighted by Crippen LogP contribution is 2.36. The summed E-state index contributed by atoms with van der Waals surface area (Å²) in [6.45, 7) is -0.378. The molecule has 0 amide bonds. The third-order valence-corrected chi connectivity index (χ3v) is 3.97. The number of hydrogen-bond donors (Lipinski definition) is 4. The van der Waals surface area contributed by atoms with E-state index in [0.717, 1.165) is 0 Å². The molecule has 3 rings (SSSR count). The van der Waals surface area contributed by atoms with Gasteiger partial charge in [0.2, 0.25) is 5.95 Å². The number of para-hydroxylation sites is 1. The number of fused-ring (bicyclic) bond motifs is 1. The molecule has 0 aliphatic carbocycles. The smallest absolute Gasteiger partial charge is 0.205 e. The van der Waals surface area contributed by atoms with Crippen LogP contribution in [-0.4, -0.2) is 56.8 Å². The van der Waals surface area contributed by atoms with E-state index < -0.39 is 24.5 Å². The van der Waals surface area contributed by atoms with E-state index in [9.17, 15) is 15.3 Å². The van der Waals surface area contributed by atoms with Crippen LogP contribution < -0.4 is 5.32 Å². The maximum Gasteiger partial charge on any atom is 0.205 e. The molecule has 21 heavy (non-hydrogen) atoms. The number of rotatable bonds is 3. The molecular formula is C13H16ClN3O4. The second kappa shape index (κ2) is 5.43. The van der Waals surface area contributed by atoms with E-state index in [2.05, 4.69) is 10.3 Å². The Morgan fingerprint density at radius 3 is 2.76 bits per heavy atom. The summed E-state index contributed by atoms with van der Waals surface area (Å²) in [5.74, 6) is 0.452. The lowest BCUT2D eigenvalue weighted by molar-refractivity contribution is -0.0499. The summed E-state index contributed by atoms with van der Waals surface area (Å²) in [5, 5.41) is 32.7. The number of anilines is 1. The number of nitrogens with zero attached hydrogens (tertiary/aromatic N) is 2. The molecule has 4 atom stereocenters. The van der Waals surface area contributed by atoms with E-state index in [0.29, 0.717) is 22.0 Å². The van der Waals surface area contributed by atoms with Gasteiger partial charge in [-0.2, -0.15) is 0 Å².